The fraction of sp³-hybridized carbons (Fsp3) is 0.0185. The number of fused-ring (bicyclic) bond motifs is 12. The highest BCUT2D eigenvalue weighted by Gasteiger charge is 2.51. The predicted molar refractivity (Wildman–Crippen MR) is 234 cm³/mol. The van der Waals surface area contributed by atoms with E-state index in [9.17, 15) is 0 Å². The van der Waals surface area contributed by atoms with Gasteiger partial charge < -0.3 is 4.74 Å². The van der Waals surface area contributed by atoms with Crippen LogP contribution in [0.2, 0.25) is 0 Å². The third kappa shape index (κ3) is 4.72. The largest absolute Gasteiger partial charge is 0.456 e. The van der Waals surface area contributed by atoms with Crippen LogP contribution in [0.3, 0.4) is 0 Å². The van der Waals surface area contributed by atoms with Crippen LogP contribution in [-0.4, -0.2) is 15.0 Å². The summed E-state index contributed by atoms with van der Waals surface area (Å²) in [6.07, 6.45) is 0. The van der Waals surface area contributed by atoms with Gasteiger partial charge in [-0.25, -0.2) is 15.0 Å². The van der Waals surface area contributed by atoms with Crippen molar-refractivity contribution in [1.29, 1.82) is 0 Å². The second-order valence-corrected chi connectivity index (χ2v) is 15.1. The molecule has 0 N–H and O–H groups in total. The minimum absolute atomic E-state index is 0.565. The maximum absolute atomic E-state index is 7.08. The lowest BCUT2D eigenvalue weighted by Crippen LogP contribution is -2.32. The van der Waals surface area contributed by atoms with Crippen LogP contribution in [0.4, 0.5) is 0 Å². The van der Waals surface area contributed by atoms with Crippen LogP contribution in [0.1, 0.15) is 22.3 Å². The average molecular weight is 740 g/mol. The van der Waals surface area contributed by atoms with Gasteiger partial charge in [0.1, 0.15) is 11.5 Å². The van der Waals surface area contributed by atoms with Crippen molar-refractivity contribution in [2.75, 3.05) is 0 Å². The molecule has 0 radical (unpaired) electrons. The van der Waals surface area contributed by atoms with Gasteiger partial charge >= 0.3 is 0 Å². The molecule has 0 amide bonds. The van der Waals surface area contributed by atoms with Gasteiger partial charge in [0.25, 0.3) is 0 Å². The Morgan fingerprint density at radius 1 is 0.328 bits per heavy atom. The monoisotopic (exact) mass is 739 g/mol. The normalized spacial score (nSPS) is 13.1. The second-order valence-electron chi connectivity index (χ2n) is 15.1. The summed E-state index contributed by atoms with van der Waals surface area (Å²) in [6, 6.07) is 70.7. The second kappa shape index (κ2) is 12.7. The number of nitrogens with zero attached hydrogens (tertiary/aromatic N) is 3. The van der Waals surface area contributed by atoms with Gasteiger partial charge in [-0.05, 0) is 61.5 Å². The smallest absolute Gasteiger partial charge is 0.164 e. The zero-order valence-corrected chi connectivity index (χ0v) is 31.3. The quantitative estimate of drug-likeness (QED) is 0.169. The third-order valence-electron chi connectivity index (χ3n) is 12.0. The molecule has 1 aromatic heterocycles. The molecule has 0 atom stereocenters. The van der Waals surface area contributed by atoms with Crippen molar-refractivity contribution in [3.8, 4) is 67.9 Å². The van der Waals surface area contributed by atoms with Crippen molar-refractivity contribution in [1.82, 2.24) is 15.0 Å². The minimum atomic E-state index is -0.565. The Balaban J connectivity index is 1.08. The molecular weight excluding hydrogens is 707 g/mol. The summed E-state index contributed by atoms with van der Waals surface area (Å²) >= 11 is 0. The molecule has 2 aliphatic rings. The van der Waals surface area contributed by atoms with Gasteiger partial charge in [0.15, 0.2) is 17.5 Å². The van der Waals surface area contributed by atoms with Crippen molar-refractivity contribution < 1.29 is 4.74 Å². The zero-order valence-electron chi connectivity index (χ0n) is 31.3. The number of ether oxygens (including phenoxy) is 1. The van der Waals surface area contributed by atoms with E-state index in [2.05, 4.69) is 182 Å². The van der Waals surface area contributed by atoms with Crippen molar-refractivity contribution in [3.63, 3.8) is 0 Å². The predicted octanol–water partition coefficient (Wildman–Crippen LogP) is 13.3. The Morgan fingerprint density at radius 2 is 0.879 bits per heavy atom. The first kappa shape index (κ1) is 32.5. The topological polar surface area (TPSA) is 47.9 Å². The fourth-order valence-corrected chi connectivity index (χ4v) is 9.50. The number of benzene rings is 9. The van der Waals surface area contributed by atoms with Crippen molar-refractivity contribution in [2.24, 2.45) is 0 Å². The fourth-order valence-electron chi connectivity index (χ4n) is 9.50. The van der Waals surface area contributed by atoms with Crippen molar-refractivity contribution in [2.45, 2.75) is 5.41 Å². The van der Waals surface area contributed by atoms with Crippen molar-refractivity contribution >= 4 is 21.5 Å². The first-order valence-electron chi connectivity index (χ1n) is 19.7. The maximum atomic E-state index is 7.08. The molecular formula is C54H33N3O. The molecule has 9 aromatic carbocycles. The molecule has 2 heterocycles. The number of rotatable bonds is 4. The van der Waals surface area contributed by atoms with Crippen molar-refractivity contribution in [3.05, 3.63) is 222 Å². The summed E-state index contributed by atoms with van der Waals surface area (Å²) in [4.78, 5) is 15.6. The van der Waals surface area contributed by atoms with E-state index >= 15 is 0 Å². The van der Waals surface area contributed by atoms with E-state index in [1.165, 1.54) is 38.4 Å². The maximum Gasteiger partial charge on any atom is 0.164 e. The summed E-state index contributed by atoms with van der Waals surface area (Å²) in [6.45, 7) is 0. The van der Waals surface area contributed by atoms with Crippen LogP contribution in [-0.2, 0) is 5.41 Å². The minimum Gasteiger partial charge on any atom is -0.456 e. The summed E-state index contributed by atoms with van der Waals surface area (Å²) in [5.74, 6) is 3.52. The van der Waals surface area contributed by atoms with Crippen LogP contribution in [0.5, 0.6) is 11.5 Å². The van der Waals surface area contributed by atoms with Crippen LogP contribution < -0.4 is 4.74 Å². The molecule has 10 aromatic rings. The first-order valence-corrected chi connectivity index (χ1v) is 19.7. The van der Waals surface area contributed by atoms with E-state index in [1.54, 1.807) is 0 Å². The van der Waals surface area contributed by atoms with E-state index in [0.717, 1.165) is 55.8 Å². The Kier molecular flexibility index (Phi) is 7.11. The summed E-state index contributed by atoms with van der Waals surface area (Å²) in [5.41, 5.74) is 11.4. The molecule has 1 aliphatic heterocycles. The molecule has 4 nitrogen and oxygen atoms in total. The Hall–Kier alpha value is -7.69. The Labute approximate surface area is 335 Å². The van der Waals surface area contributed by atoms with E-state index in [-0.39, 0.29) is 0 Å². The van der Waals surface area contributed by atoms with Gasteiger partial charge in [0.05, 0.1) is 5.41 Å². The summed E-state index contributed by atoms with van der Waals surface area (Å²) in [7, 11) is 0. The molecule has 1 spiro atoms. The molecule has 0 saturated heterocycles. The van der Waals surface area contributed by atoms with Gasteiger partial charge in [0.2, 0.25) is 0 Å². The average Bonchev–Trinajstić information content (AvgIpc) is 3.59. The molecule has 12 rings (SSSR count). The van der Waals surface area contributed by atoms with Gasteiger partial charge in [-0.2, -0.15) is 0 Å². The highest BCUT2D eigenvalue weighted by Crippen LogP contribution is 2.63. The molecule has 0 saturated carbocycles. The van der Waals surface area contributed by atoms with Crippen LogP contribution in [0, 0.1) is 0 Å². The number of hydrogen-bond acceptors (Lipinski definition) is 4. The summed E-state index contributed by atoms with van der Waals surface area (Å²) in [5, 5.41) is 4.78. The van der Waals surface area contributed by atoms with Crippen LogP contribution in [0.15, 0.2) is 200 Å². The Morgan fingerprint density at radius 3 is 1.67 bits per heavy atom. The highest BCUT2D eigenvalue weighted by atomic mass is 16.5. The number of para-hydroxylation sites is 2. The van der Waals surface area contributed by atoms with Crippen LogP contribution >= 0.6 is 0 Å². The van der Waals surface area contributed by atoms with E-state index in [4.69, 9.17) is 19.7 Å². The molecule has 1 aliphatic carbocycles. The molecule has 0 unspecified atom stereocenters. The lowest BCUT2D eigenvalue weighted by molar-refractivity contribution is 0.438. The SMILES string of the molecule is c1ccc(-c2nc(-c3ccc4c(ccc5ccccc54)c3)nc(-c3ccccc3-c3cccc4c3Oc3ccccc3C43c4ccccc4-c4ccccc43)n2)cc1. The lowest BCUT2D eigenvalue weighted by atomic mass is 9.65. The Bertz CT molecular complexity index is 3230. The van der Waals surface area contributed by atoms with Gasteiger partial charge in [-0.3, -0.25) is 0 Å². The molecule has 58 heavy (non-hydrogen) atoms. The summed E-state index contributed by atoms with van der Waals surface area (Å²) < 4.78 is 7.08. The third-order valence-corrected chi connectivity index (χ3v) is 12.0. The standard InChI is InChI=1S/C54H33N3O/c1-2-16-35(17-3-1)51-55-52(37-31-32-39-36(33-37)30-29-34-15-4-5-18-38(34)39)57-53(56-51)44-22-7-6-19-40(44)43-23-14-27-48-50(43)58-49-28-13-12-26-47(49)54(48)45-24-10-8-20-41(45)42-21-9-11-25-46(42)54/h1-33H. The molecule has 0 bridgehead atoms. The van der Waals surface area contributed by atoms with Gasteiger partial charge in [0, 0.05) is 33.4 Å². The molecule has 0 fully saturated rings. The van der Waals surface area contributed by atoms with E-state index in [0.29, 0.717) is 17.5 Å². The number of hydrogen-bond donors (Lipinski definition) is 0. The van der Waals surface area contributed by atoms with E-state index < -0.39 is 5.41 Å². The first-order chi connectivity index (χ1) is 28.8. The van der Waals surface area contributed by atoms with Crippen LogP contribution in [0.25, 0.3) is 78.0 Å². The lowest BCUT2D eigenvalue weighted by Gasteiger charge is -2.40. The highest BCUT2D eigenvalue weighted by molar-refractivity contribution is 6.08. The van der Waals surface area contributed by atoms with Gasteiger partial charge in [-0.15, -0.1) is 0 Å². The van der Waals surface area contributed by atoms with Gasteiger partial charge in [-0.1, -0.05) is 188 Å². The molecule has 4 heteroatoms. The molecule has 270 valence electrons. The number of aromatic nitrogens is 3. The zero-order chi connectivity index (χ0) is 38.2. The van der Waals surface area contributed by atoms with E-state index in [1.807, 2.05) is 18.2 Å².